The first-order chi connectivity index (χ1) is 12.7. The quantitative estimate of drug-likeness (QED) is 0.717. The topological polar surface area (TPSA) is 62.5 Å². The molecule has 0 heterocycles. The molecule has 0 spiro atoms. The molecule has 3 rings (SSSR count). The summed E-state index contributed by atoms with van der Waals surface area (Å²) in [5.74, 6) is 1.61. The van der Waals surface area contributed by atoms with Crippen LogP contribution < -0.4 is 9.47 Å². The van der Waals surface area contributed by atoms with E-state index >= 15 is 0 Å². The maximum atomic E-state index is 9.74. The van der Waals surface area contributed by atoms with Gasteiger partial charge in [0.15, 0.2) is 11.5 Å². The van der Waals surface area contributed by atoms with E-state index in [4.69, 9.17) is 14.7 Å². The maximum absolute atomic E-state index is 9.74. The number of aliphatic hydroxyl groups excluding tert-OH is 1. The predicted octanol–water partition coefficient (Wildman–Crippen LogP) is 4.44. The lowest BCUT2D eigenvalue weighted by Crippen LogP contribution is -1.97. The van der Waals surface area contributed by atoms with Gasteiger partial charge in [-0.3, -0.25) is 0 Å². The van der Waals surface area contributed by atoms with Gasteiger partial charge >= 0.3 is 0 Å². The lowest BCUT2D eigenvalue weighted by Gasteiger charge is -2.13. The third-order valence-corrected chi connectivity index (χ3v) is 4.11. The number of benzene rings is 3. The number of ether oxygens (including phenoxy) is 2. The van der Waals surface area contributed by atoms with Gasteiger partial charge in [0.25, 0.3) is 0 Å². The predicted molar refractivity (Wildman–Crippen MR) is 99.4 cm³/mol. The fraction of sp³-hybridized carbons (Fsp3) is 0.136. The van der Waals surface area contributed by atoms with Crippen molar-refractivity contribution >= 4 is 0 Å². The molecule has 1 N–H and O–H groups in total. The van der Waals surface area contributed by atoms with Crippen molar-refractivity contribution in [1.82, 2.24) is 0 Å². The number of nitriles is 1. The number of methoxy groups -OCH3 is 1. The van der Waals surface area contributed by atoms with Crippen molar-refractivity contribution in [1.29, 1.82) is 5.26 Å². The fourth-order valence-corrected chi connectivity index (χ4v) is 2.75. The van der Waals surface area contributed by atoms with Crippen LogP contribution in [0.5, 0.6) is 17.2 Å². The Bertz CT molecular complexity index is 930. The molecule has 4 heteroatoms. The third kappa shape index (κ3) is 4.02. The Morgan fingerprint density at radius 1 is 0.923 bits per heavy atom. The van der Waals surface area contributed by atoms with Gasteiger partial charge in [-0.2, -0.15) is 5.26 Å². The molecule has 0 unspecified atom stereocenters. The Hall–Kier alpha value is -3.29. The largest absolute Gasteiger partial charge is 0.493 e. The Morgan fingerprint density at radius 3 is 2.42 bits per heavy atom. The highest BCUT2D eigenvalue weighted by Crippen LogP contribution is 2.33. The molecule has 0 amide bonds. The summed E-state index contributed by atoms with van der Waals surface area (Å²) in [5, 5.41) is 18.7. The fourth-order valence-electron chi connectivity index (χ4n) is 2.75. The molecule has 4 nitrogen and oxygen atoms in total. The van der Waals surface area contributed by atoms with Crippen LogP contribution in [0, 0.1) is 11.3 Å². The highest BCUT2D eigenvalue weighted by molar-refractivity contribution is 5.49. The van der Waals surface area contributed by atoms with E-state index in [1.807, 2.05) is 36.4 Å². The molecule has 0 aliphatic carbocycles. The molecule has 0 saturated carbocycles. The van der Waals surface area contributed by atoms with E-state index in [9.17, 15) is 5.11 Å². The van der Waals surface area contributed by atoms with Crippen LogP contribution in [0.1, 0.15) is 22.3 Å². The van der Waals surface area contributed by atoms with Crippen molar-refractivity contribution in [2.24, 2.45) is 0 Å². The Labute approximate surface area is 152 Å². The van der Waals surface area contributed by atoms with Crippen molar-refractivity contribution in [3.05, 3.63) is 89.0 Å². The summed E-state index contributed by atoms with van der Waals surface area (Å²) in [5.41, 5.74) is 3.56. The summed E-state index contributed by atoms with van der Waals surface area (Å²) in [6.07, 6.45) is 0.747. The average Bonchev–Trinajstić information content (AvgIpc) is 2.70. The average molecular weight is 345 g/mol. The highest BCUT2D eigenvalue weighted by Gasteiger charge is 2.10. The van der Waals surface area contributed by atoms with E-state index < -0.39 is 0 Å². The lowest BCUT2D eigenvalue weighted by atomic mass is 10.00. The zero-order chi connectivity index (χ0) is 18.4. The second kappa shape index (κ2) is 8.19. The molecule has 0 aromatic heterocycles. The van der Waals surface area contributed by atoms with E-state index in [0.29, 0.717) is 22.8 Å². The minimum absolute atomic E-state index is 0.0656. The normalized spacial score (nSPS) is 10.2. The van der Waals surface area contributed by atoms with Crippen LogP contribution in [0.2, 0.25) is 0 Å². The summed E-state index contributed by atoms with van der Waals surface area (Å²) in [6, 6.07) is 22.9. The summed E-state index contributed by atoms with van der Waals surface area (Å²) in [4.78, 5) is 0. The summed E-state index contributed by atoms with van der Waals surface area (Å²) >= 11 is 0. The van der Waals surface area contributed by atoms with Gasteiger partial charge in [0, 0.05) is 6.07 Å². The van der Waals surface area contributed by atoms with Crippen LogP contribution in [0.4, 0.5) is 0 Å². The van der Waals surface area contributed by atoms with E-state index in [1.54, 1.807) is 18.2 Å². The first kappa shape index (κ1) is 17.5. The standard InChI is InChI=1S/C22H19NO3/c1-25-22-12-17(14-23)7-10-21(22)26-20-9-8-18(19(13-20)15-24)11-16-5-3-2-4-6-16/h2-10,12-13,24H,11,15H2,1H3. The van der Waals surface area contributed by atoms with Crippen LogP contribution in [0.3, 0.4) is 0 Å². The van der Waals surface area contributed by atoms with Crippen LogP contribution in [0.15, 0.2) is 66.7 Å². The molecule has 0 bridgehead atoms. The van der Waals surface area contributed by atoms with E-state index in [1.165, 1.54) is 12.7 Å². The molecular weight excluding hydrogens is 326 g/mol. The molecule has 0 aliphatic rings. The van der Waals surface area contributed by atoms with Gasteiger partial charge < -0.3 is 14.6 Å². The van der Waals surface area contributed by atoms with Crippen molar-refractivity contribution in [2.75, 3.05) is 7.11 Å². The van der Waals surface area contributed by atoms with Crippen LogP contribution >= 0.6 is 0 Å². The maximum Gasteiger partial charge on any atom is 0.169 e. The van der Waals surface area contributed by atoms with Crippen molar-refractivity contribution in [3.63, 3.8) is 0 Å². The van der Waals surface area contributed by atoms with Gasteiger partial charge in [0.1, 0.15) is 5.75 Å². The number of rotatable bonds is 6. The molecule has 26 heavy (non-hydrogen) atoms. The summed E-state index contributed by atoms with van der Waals surface area (Å²) in [6.45, 7) is -0.0656. The number of hydrogen-bond donors (Lipinski definition) is 1. The first-order valence-corrected chi connectivity index (χ1v) is 8.26. The van der Waals surface area contributed by atoms with Crippen molar-refractivity contribution in [2.45, 2.75) is 13.0 Å². The van der Waals surface area contributed by atoms with Gasteiger partial charge in [-0.05, 0) is 47.4 Å². The van der Waals surface area contributed by atoms with E-state index in [2.05, 4.69) is 18.2 Å². The second-order valence-corrected chi connectivity index (χ2v) is 5.83. The minimum Gasteiger partial charge on any atom is -0.493 e. The van der Waals surface area contributed by atoms with Gasteiger partial charge in [-0.25, -0.2) is 0 Å². The van der Waals surface area contributed by atoms with Gasteiger partial charge in [-0.1, -0.05) is 36.4 Å². The van der Waals surface area contributed by atoms with Gasteiger partial charge in [-0.15, -0.1) is 0 Å². The minimum atomic E-state index is -0.0656. The Morgan fingerprint density at radius 2 is 1.73 bits per heavy atom. The first-order valence-electron chi connectivity index (χ1n) is 8.26. The molecule has 0 aliphatic heterocycles. The molecular formula is C22H19NO3. The van der Waals surface area contributed by atoms with E-state index in [-0.39, 0.29) is 6.61 Å². The number of nitrogens with zero attached hydrogens (tertiary/aromatic N) is 1. The van der Waals surface area contributed by atoms with Crippen LogP contribution in [-0.4, -0.2) is 12.2 Å². The smallest absolute Gasteiger partial charge is 0.169 e. The number of hydrogen-bond acceptors (Lipinski definition) is 4. The van der Waals surface area contributed by atoms with Gasteiger partial charge in [0.2, 0.25) is 0 Å². The second-order valence-electron chi connectivity index (χ2n) is 5.83. The summed E-state index contributed by atoms with van der Waals surface area (Å²) < 4.78 is 11.2. The molecule has 0 atom stereocenters. The SMILES string of the molecule is COc1cc(C#N)ccc1Oc1ccc(Cc2ccccc2)c(CO)c1. The highest BCUT2D eigenvalue weighted by atomic mass is 16.5. The zero-order valence-electron chi connectivity index (χ0n) is 14.5. The molecule has 0 fully saturated rings. The zero-order valence-corrected chi connectivity index (χ0v) is 14.5. The Kier molecular flexibility index (Phi) is 5.52. The lowest BCUT2D eigenvalue weighted by molar-refractivity contribution is 0.280. The van der Waals surface area contributed by atoms with Crippen molar-refractivity contribution < 1.29 is 14.6 Å². The van der Waals surface area contributed by atoms with Crippen LogP contribution in [-0.2, 0) is 13.0 Å². The monoisotopic (exact) mass is 345 g/mol. The number of aliphatic hydroxyl groups is 1. The Balaban J connectivity index is 1.85. The molecule has 0 saturated heterocycles. The summed E-state index contributed by atoms with van der Waals surface area (Å²) in [7, 11) is 1.53. The molecule has 130 valence electrons. The molecule has 3 aromatic rings. The van der Waals surface area contributed by atoms with Crippen molar-refractivity contribution in [3.8, 4) is 23.3 Å². The third-order valence-electron chi connectivity index (χ3n) is 4.11. The molecule has 0 radical (unpaired) electrons. The van der Waals surface area contributed by atoms with E-state index in [0.717, 1.165) is 17.5 Å². The van der Waals surface area contributed by atoms with Crippen LogP contribution in [0.25, 0.3) is 0 Å². The van der Waals surface area contributed by atoms with Gasteiger partial charge in [0.05, 0.1) is 25.3 Å². The molecule has 3 aromatic carbocycles.